The molecule has 13 nitrogen and oxygen atoms in total. The first-order valence-corrected chi connectivity index (χ1v) is 11.3. The molecule has 1 aliphatic heterocycles. The largest absolute Gasteiger partial charge is 0.466 e. The average molecular weight is 511 g/mol. The van der Waals surface area contributed by atoms with Gasteiger partial charge in [-0.05, 0) is 27.7 Å². The lowest BCUT2D eigenvalue weighted by Gasteiger charge is -2.25. The highest BCUT2D eigenvalue weighted by molar-refractivity contribution is 6.03. The first-order valence-electron chi connectivity index (χ1n) is 11.3. The fourth-order valence-corrected chi connectivity index (χ4v) is 2.44. The molecule has 0 spiro atoms. The van der Waals surface area contributed by atoms with Crippen LogP contribution in [0.1, 0.15) is 53.4 Å². The highest BCUT2D eigenvalue weighted by atomic mass is 16.7. The molecule has 0 aromatic carbocycles. The van der Waals surface area contributed by atoms with Crippen LogP contribution in [-0.4, -0.2) is 98.5 Å². The molecule has 0 atom stereocenters. The van der Waals surface area contributed by atoms with Gasteiger partial charge < -0.3 is 38.6 Å². The number of Topliss-reactive ketones (excluding diaryl/α,β-unsaturated/α-hetero) is 1. The standard InChI is InChI=1S/C11H18O6.C9H14O5.C2H6O2/c1-3-14-9(12)7-11(16-5-6-17-11)8-10(13)15-4-2;1-3-13-8(11)5-7(10)6-9(12)14-4-2;3-1-2-4/h3-8H2,1-2H3;3-6H2,1-2H3;3-4H,1-2H2. The van der Waals surface area contributed by atoms with E-state index < -0.39 is 35.4 Å². The summed E-state index contributed by atoms with van der Waals surface area (Å²) >= 11 is 0. The van der Waals surface area contributed by atoms with Gasteiger partial charge in [-0.25, -0.2) is 0 Å². The molecule has 0 unspecified atom stereocenters. The lowest BCUT2D eigenvalue weighted by atomic mass is 10.1. The zero-order valence-electron chi connectivity index (χ0n) is 20.9. The van der Waals surface area contributed by atoms with Gasteiger partial charge >= 0.3 is 23.9 Å². The molecule has 1 saturated heterocycles. The Hall–Kier alpha value is -2.61. The minimum atomic E-state index is -1.21. The fraction of sp³-hybridized carbons (Fsp3) is 0.773. The van der Waals surface area contributed by atoms with Crippen molar-refractivity contribution in [2.24, 2.45) is 0 Å². The third-order valence-corrected chi connectivity index (χ3v) is 3.65. The molecule has 1 heterocycles. The predicted molar refractivity (Wildman–Crippen MR) is 119 cm³/mol. The summed E-state index contributed by atoms with van der Waals surface area (Å²) in [7, 11) is 0. The summed E-state index contributed by atoms with van der Waals surface area (Å²) < 4.78 is 29.4. The first-order chi connectivity index (χ1) is 16.6. The Labute approximate surface area is 204 Å². The van der Waals surface area contributed by atoms with Gasteiger partial charge in [0.2, 0.25) is 0 Å². The number of ketones is 1. The summed E-state index contributed by atoms with van der Waals surface area (Å²) in [4.78, 5) is 55.4. The molecule has 0 aromatic heterocycles. The van der Waals surface area contributed by atoms with Gasteiger partial charge in [0.05, 0.1) is 52.9 Å². The Morgan fingerprint density at radius 2 is 0.943 bits per heavy atom. The van der Waals surface area contributed by atoms with Crippen LogP contribution in [0.5, 0.6) is 0 Å². The van der Waals surface area contributed by atoms with E-state index in [0.29, 0.717) is 13.2 Å². The molecule has 0 amide bonds. The highest BCUT2D eigenvalue weighted by Gasteiger charge is 2.42. The third kappa shape index (κ3) is 19.4. The van der Waals surface area contributed by atoms with Gasteiger partial charge in [0.15, 0.2) is 11.6 Å². The van der Waals surface area contributed by atoms with E-state index in [2.05, 4.69) is 9.47 Å². The molecule has 1 fully saturated rings. The van der Waals surface area contributed by atoms with Crippen molar-refractivity contribution in [1.82, 2.24) is 0 Å². The van der Waals surface area contributed by atoms with Crippen LogP contribution in [0.3, 0.4) is 0 Å². The Morgan fingerprint density at radius 3 is 1.23 bits per heavy atom. The molecule has 0 bridgehead atoms. The highest BCUT2D eigenvalue weighted by Crippen LogP contribution is 2.28. The topological polar surface area (TPSA) is 181 Å². The zero-order chi connectivity index (χ0) is 27.1. The van der Waals surface area contributed by atoms with Crippen molar-refractivity contribution >= 4 is 29.7 Å². The maximum absolute atomic E-state index is 11.4. The molecule has 0 radical (unpaired) electrons. The SMILES string of the molecule is CCOC(=O)CC(=O)CC(=O)OCC.CCOC(=O)CC1(CC(=O)OCC)OCCO1.OCCO. The monoisotopic (exact) mass is 510 g/mol. The summed E-state index contributed by atoms with van der Waals surface area (Å²) in [6, 6.07) is 0. The van der Waals surface area contributed by atoms with Gasteiger partial charge in [0.1, 0.15) is 25.7 Å². The van der Waals surface area contributed by atoms with Crippen LogP contribution in [0.15, 0.2) is 0 Å². The van der Waals surface area contributed by atoms with Gasteiger partial charge in [-0.15, -0.1) is 0 Å². The quantitative estimate of drug-likeness (QED) is 0.193. The summed E-state index contributed by atoms with van der Waals surface area (Å²) in [5.74, 6) is -3.80. The van der Waals surface area contributed by atoms with E-state index in [-0.39, 0.29) is 65.3 Å². The summed E-state index contributed by atoms with van der Waals surface area (Å²) in [6.45, 7) is 8.22. The minimum absolute atomic E-state index is 0.0976. The molecule has 0 aromatic rings. The van der Waals surface area contributed by atoms with Crippen molar-refractivity contribution in [1.29, 1.82) is 0 Å². The van der Waals surface area contributed by atoms with Crippen molar-refractivity contribution in [2.75, 3.05) is 52.9 Å². The summed E-state index contributed by atoms with van der Waals surface area (Å²) in [6.07, 6.45) is -0.932. The minimum Gasteiger partial charge on any atom is -0.466 e. The van der Waals surface area contributed by atoms with Crippen LogP contribution in [-0.2, 0) is 52.4 Å². The number of carbonyl (C=O) groups excluding carboxylic acids is 5. The average Bonchev–Trinajstić information content (AvgIpc) is 3.22. The first kappa shape index (κ1) is 34.6. The van der Waals surface area contributed by atoms with Gasteiger partial charge in [0, 0.05) is 0 Å². The van der Waals surface area contributed by atoms with E-state index in [0.717, 1.165) is 0 Å². The number of carbonyl (C=O) groups is 5. The lowest BCUT2D eigenvalue weighted by molar-refractivity contribution is -0.193. The van der Waals surface area contributed by atoms with Gasteiger partial charge in [0.25, 0.3) is 0 Å². The maximum Gasteiger partial charge on any atom is 0.313 e. The second-order valence-corrected chi connectivity index (χ2v) is 6.52. The van der Waals surface area contributed by atoms with E-state index >= 15 is 0 Å². The van der Waals surface area contributed by atoms with Crippen molar-refractivity contribution in [2.45, 2.75) is 59.2 Å². The zero-order valence-corrected chi connectivity index (χ0v) is 20.9. The molecule has 35 heavy (non-hydrogen) atoms. The van der Waals surface area contributed by atoms with Crippen LogP contribution in [0.4, 0.5) is 0 Å². The normalized spacial score (nSPS) is 13.2. The van der Waals surface area contributed by atoms with E-state index in [9.17, 15) is 24.0 Å². The number of aliphatic hydroxyl groups is 2. The van der Waals surface area contributed by atoms with Crippen molar-refractivity contribution in [3.8, 4) is 0 Å². The lowest BCUT2D eigenvalue weighted by Crippen LogP contribution is -2.37. The Balaban J connectivity index is 0. The number of esters is 4. The molecular weight excluding hydrogens is 472 g/mol. The Morgan fingerprint density at radius 1 is 0.629 bits per heavy atom. The van der Waals surface area contributed by atoms with Crippen LogP contribution in [0.25, 0.3) is 0 Å². The van der Waals surface area contributed by atoms with E-state index in [1.54, 1.807) is 27.7 Å². The molecular formula is C22H38O13. The van der Waals surface area contributed by atoms with Crippen LogP contribution in [0.2, 0.25) is 0 Å². The number of ether oxygens (including phenoxy) is 6. The van der Waals surface area contributed by atoms with Crippen molar-refractivity contribution in [3.63, 3.8) is 0 Å². The van der Waals surface area contributed by atoms with E-state index in [4.69, 9.17) is 29.2 Å². The number of rotatable bonds is 13. The molecule has 1 rings (SSSR count). The number of aliphatic hydroxyl groups excluding tert-OH is 2. The Kier molecular flexibility index (Phi) is 21.6. The van der Waals surface area contributed by atoms with E-state index in [1.165, 1.54) is 0 Å². The predicted octanol–water partition coefficient (Wildman–Crippen LogP) is 0.0688. The summed E-state index contributed by atoms with van der Waals surface area (Å²) in [5, 5.41) is 15.2. The third-order valence-electron chi connectivity index (χ3n) is 3.65. The van der Waals surface area contributed by atoms with E-state index in [1.807, 2.05) is 0 Å². The van der Waals surface area contributed by atoms with Crippen LogP contribution in [0, 0.1) is 0 Å². The molecule has 0 aliphatic carbocycles. The molecule has 0 saturated carbocycles. The maximum atomic E-state index is 11.4. The second-order valence-electron chi connectivity index (χ2n) is 6.52. The number of hydrogen-bond acceptors (Lipinski definition) is 13. The van der Waals surface area contributed by atoms with Crippen molar-refractivity contribution in [3.05, 3.63) is 0 Å². The summed E-state index contributed by atoms with van der Waals surface area (Å²) in [5.41, 5.74) is 0. The second kappa shape index (κ2) is 21.9. The van der Waals surface area contributed by atoms with Gasteiger partial charge in [-0.1, -0.05) is 0 Å². The van der Waals surface area contributed by atoms with Crippen LogP contribution >= 0.6 is 0 Å². The number of hydrogen-bond donors (Lipinski definition) is 2. The van der Waals surface area contributed by atoms with Gasteiger partial charge in [-0.3, -0.25) is 24.0 Å². The van der Waals surface area contributed by atoms with Crippen molar-refractivity contribution < 1.29 is 62.6 Å². The molecule has 204 valence electrons. The smallest absolute Gasteiger partial charge is 0.313 e. The Bertz CT molecular complexity index is 581. The molecule has 13 heteroatoms. The molecule has 2 N–H and O–H groups in total. The van der Waals surface area contributed by atoms with Gasteiger partial charge in [-0.2, -0.15) is 0 Å². The van der Waals surface area contributed by atoms with Crippen LogP contribution < -0.4 is 0 Å². The fourth-order valence-electron chi connectivity index (χ4n) is 2.44. The molecule has 1 aliphatic rings.